The van der Waals surface area contributed by atoms with Crippen molar-refractivity contribution in [3.8, 4) is 22.7 Å². The Labute approximate surface area is 159 Å². The molecule has 0 aliphatic rings. The van der Waals surface area contributed by atoms with Gasteiger partial charge >= 0.3 is 5.69 Å². The van der Waals surface area contributed by atoms with Crippen molar-refractivity contribution in [3.63, 3.8) is 0 Å². The molecule has 4 aromatic rings. The number of fused-ring (bicyclic) bond motifs is 1. The predicted molar refractivity (Wildman–Crippen MR) is 106 cm³/mol. The molecule has 0 spiro atoms. The van der Waals surface area contributed by atoms with E-state index in [4.69, 9.17) is 4.74 Å². The molecule has 0 unspecified atom stereocenters. The zero-order valence-corrected chi connectivity index (χ0v) is 15.6. The molecule has 28 heavy (non-hydrogen) atoms. The number of nitrogens with zero attached hydrogens (tertiary/aromatic N) is 3. The summed E-state index contributed by atoms with van der Waals surface area (Å²) in [5.74, 6) is 0.287. The molecule has 6 nitrogen and oxygen atoms in total. The van der Waals surface area contributed by atoms with Crippen LogP contribution in [0.2, 0.25) is 0 Å². The van der Waals surface area contributed by atoms with Gasteiger partial charge in [-0.1, -0.05) is 6.07 Å². The van der Waals surface area contributed by atoms with Crippen LogP contribution in [0.1, 0.15) is 0 Å². The normalized spacial score (nSPS) is 11.1. The smallest absolute Gasteiger partial charge is 0.330 e. The van der Waals surface area contributed by atoms with E-state index in [1.165, 1.54) is 23.7 Å². The van der Waals surface area contributed by atoms with Crippen LogP contribution in [0, 0.1) is 5.82 Å². The lowest BCUT2D eigenvalue weighted by Crippen LogP contribution is -2.36. The monoisotopic (exact) mass is 379 g/mol. The van der Waals surface area contributed by atoms with Gasteiger partial charge in [-0.05, 0) is 48.0 Å². The Kier molecular flexibility index (Phi) is 4.15. The van der Waals surface area contributed by atoms with Crippen molar-refractivity contribution in [1.82, 2.24) is 13.7 Å². The first-order chi connectivity index (χ1) is 13.4. The molecule has 0 aliphatic carbocycles. The van der Waals surface area contributed by atoms with E-state index in [9.17, 15) is 14.0 Å². The van der Waals surface area contributed by atoms with Crippen molar-refractivity contribution in [1.29, 1.82) is 0 Å². The summed E-state index contributed by atoms with van der Waals surface area (Å²) in [7, 11) is 4.63. The van der Waals surface area contributed by atoms with Crippen molar-refractivity contribution < 1.29 is 9.13 Å². The van der Waals surface area contributed by atoms with E-state index in [0.29, 0.717) is 28.0 Å². The molecule has 0 N–H and O–H groups in total. The Balaban J connectivity index is 2.16. The highest BCUT2D eigenvalue weighted by Crippen LogP contribution is 2.32. The topological polar surface area (TPSA) is 58.2 Å². The summed E-state index contributed by atoms with van der Waals surface area (Å²) in [6.45, 7) is 0. The maximum atomic E-state index is 13.9. The van der Waals surface area contributed by atoms with Crippen LogP contribution in [-0.2, 0) is 14.1 Å². The minimum Gasteiger partial charge on any atom is -0.497 e. The van der Waals surface area contributed by atoms with Crippen LogP contribution in [0.25, 0.3) is 27.8 Å². The van der Waals surface area contributed by atoms with E-state index in [1.54, 1.807) is 49.2 Å². The number of rotatable bonds is 3. The van der Waals surface area contributed by atoms with Gasteiger partial charge in [-0.15, -0.1) is 0 Å². The van der Waals surface area contributed by atoms with Crippen LogP contribution >= 0.6 is 0 Å². The molecule has 0 radical (unpaired) electrons. The van der Waals surface area contributed by atoms with Crippen LogP contribution < -0.4 is 16.0 Å². The highest BCUT2D eigenvalue weighted by atomic mass is 19.1. The quantitative estimate of drug-likeness (QED) is 0.550. The number of ether oxygens (including phenoxy) is 1. The fourth-order valence-electron chi connectivity index (χ4n) is 3.40. The fraction of sp³-hybridized carbons (Fsp3) is 0.143. The molecule has 0 bridgehead atoms. The molecule has 0 atom stereocenters. The summed E-state index contributed by atoms with van der Waals surface area (Å²) in [6.07, 6.45) is 1.69. The first kappa shape index (κ1) is 17.8. The van der Waals surface area contributed by atoms with Gasteiger partial charge in [0.1, 0.15) is 11.6 Å². The maximum Gasteiger partial charge on any atom is 0.330 e. The van der Waals surface area contributed by atoms with Gasteiger partial charge in [0, 0.05) is 26.0 Å². The largest absolute Gasteiger partial charge is 0.497 e. The molecular formula is C21H18FN3O3. The predicted octanol–water partition coefficient (Wildman–Crippen LogP) is 2.84. The third kappa shape index (κ3) is 2.63. The molecule has 4 rings (SSSR count). The van der Waals surface area contributed by atoms with Gasteiger partial charge in [0.25, 0.3) is 5.56 Å². The zero-order chi connectivity index (χ0) is 20.0. The van der Waals surface area contributed by atoms with Crippen molar-refractivity contribution in [2.24, 2.45) is 14.1 Å². The Hall–Kier alpha value is -3.61. The van der Waals surface area contributed by atoms with Gasteiger partial charge in [0.15, 0.2) is 0 Å². The van der Waals surface area contributed by atoms with Gasteiger partial charge in [-0.2, -0.15) is 0 Å². The third-order valence-electron chi connectivity index (χ3n) is 4.89. The molecule has 142 valence electrons. The minimum absolute atomic E-state index is 0.388. The number of methoxy groups -OCH3 is 1. The van der Waals surface area contributed by atoms with Crippen LogP contribution in [0.3, 0.4) is 0 Å². The average molecular weight is 379 g/mol. The fourth-order valence-corrected chi connectivity index (χ4v) is 3.40. The van der Waals surface area contributed by atoms with E-state index < -0.39 is 17.1 Å². The maximum absolute atomic E-state index is 13.9. The third-order valence-corrected chi connectivity index (χ3v) is 4.89. The van der Waals surface area contributed by atoms with Gasteiger partial charge in [0.2, 0.25) is 0 Å². The molecule has 2 heterocycles. The molecule has 0 saturated heterocycles. The standard InChI is InChI=1S/C21H18FN3O3/c1-23-17-12-25(15-6-4-5-14(22)11-15)19(13-7-9-16(28-3)10-8-13)18(17)20(26)24(2)21(23)27/h4-12H,1-3H3. The van der Waals surface area contributed by atoms with Gasteiger partial charge in [-0.3, -0.25) is 13.9 Å². The van der Waals surface area contributed by atoms with Crippen molar-refractivity contribution in [2.45, 2.75) is 0 Å². The number of aromatic nitrogens is 3. The van der Waals surface area contributed by atoms with Gasteiger partial charge in [-0.25, -0.2) is 9.18 Å². The zero-order valence-electron chi connectivity index (χ0n) is 15.6. The van der Waals surface area contributed by atoms with Crippen molar-refractivity contribution in [2.75, 3.05) is 7.11 Å². The number of benzene rings is 2. The number of hydrogen-bond acceptors (Lipinski definition) is 3. The van der Waals surface area contributed by atoms with Crippen LogP contribution in [-0.4, -0.2) is 20.8 Å². The molecule has 2 aromatic carbocycles. The molecule has 0 saturated carbocycles. The average Bonchev–Trinajstić information content (AvgIpc) is 3.11. The summed E-state index contributed by atoms with van der Waals surface area (Å²) in [6, 6.07) is 13.3. The number of aryl methyl sites for hydroxylation is 1. The first-order valence-corrected chi connectivity index (χ1v) is 8.64. The summed E-state index contributed by atoms with van der Waals surface area (Å²) < 4.78 is 23.3. The lowest BCUT2D eigenvalue weighted by molar-refractivity contribution is 0.415. The molecule has 0 amide bonds. The van der Waals surface area contributed by atoms with Crippen LogP contribution in [0.5, 0.6) is 5.75 Å². The molecule has 0 fully saturated rings. The summed E-state index contributed by atoms with van der Waals surface area (Å²) >= 11 is 0. The Morgan fingerprint density at radius 3 is 2.32 bits per heavy atom. The van der Waals surface area contributed by atoms with Crippen molar-refractivity contribution in [3.05, 3.63) is 81.4 Å². The second kappa shape index (κ2) is 6.53. The van der Waals surface area contributed by atoms with Crippen LogP contribution in [0.4, 0.5) is 4.39 Å². The first-order valence-electron chi connectivity index (χ1n) is 8.64. The number of halogens is 1. The van der Waals surface area contributed by atoms with E-state index >= 15 is 0 Å². The van der Waals surface area contributed by atoms with E-state index in [0.717, 1.165) is 10.1 Å². The Morgan fingerprint density at radius 2 is 1.68 bits per heavy atom. The van der Waals surface area contributed by atoms with E-state index in [-0.39, 0.29) is 0 Å². The van der Waals surface area contributed by atoms with Gasteiger partial charge in [0.05, 0.1) is 23.7 Å². The van der Waals surface area contributed by atoms with Gasteiger partial charge < -0.3 is 9.30 Å². The Bertz CT molecular complexity index is 1310. The van der Waals surface area contributed by atoms with E-state index in [2.05, 4.69) is 0 Å². The van der Waals surface area contributed by atoms with E-state index in [1.807, 2.05) is 12.1 Å². The van der Waals surface area contributed by atoms with Crippen LogP contribution in [0.15, 0.2) is 64.3 Å². The second-order valence-electron chi connectivity index (χ2n) is 6.52. The molecule has 7 heteroatoms. The molecule has 2 aromatic heterocycles. The highest BCUT2D eigenvalue weighted by Gasteiger charge is 2.20. The molecular weight excluding hydrogens is 361 g/mol. The summed E-state index contributed by atoms with van der Waals surface area (Å²) in [5, 5.41) is 0.388. The summed E-state index contributed by atoms with van der Waals surface area (Å²) in [4.78, 5) is 25.3. The minimum atomic E-state index is -0.421. The lowest BCUT2D eigenvalue weighted by Gasteiger charge is -2.11. The Morgan fingerprint density at radius 1 is 0.964 bits per heavy atom. The lowest BCUT2D eigenvalue weighted by atomic mass is 10.1. The summed E-state index contributed by atoms with van der Waals surface area (Å²) in [5.41, 5.74) is 1.53. The molecule has 0 aliphatic heterocycles. The van der Waals surface area contributed by atoms with Crippen molar-refractivity contribution >= 4 is 10.9 Å². The highest BCUT2D eigenvalue weighted by molar-refractivity contribution is 5.94. The number of hydrogen-bond donors (Lipinski definition) is 0. The second-order valence-corrected chi connectivity index (χ2v) is 6.52. The SMILES string of the molecule is COc1ccc(-c2c3c(=O)n(C)c(=O)n(C)c3cn2-c2cccc(F)c2)cc1.